The van der Waals surface area contributed by atoms with Gasteiger partial charge in [0, 0.05) is 23.9 Å². The van der Waals surface area contributed by atoms with E-state index in [2.05, 4.69) is 15.9 Å². The van der Waals surface area contributed by atoms with Gasteiger partial charge in [-0.15, -0.1) is 0 Å². The molecule has 0 aliphatic carbocycles. The third kappa shape index (κ3) is 4.53. The summed E-state index contributed by atoms with van der Waals surface area (Å²) in [6.45, 7) is 0.540. The van der Waals surface area contributed by atoms with Gasteiger partial charge in [0.1, 0.15) is 0 Å². The molecule has 0 aromatic heterocycles. The maximum Gasteiger partial charge on any atom is 0.242 e. The van der Waals surface area contributed by atoms with E-state index in [1.54, 1.807) is 19.2 Å². The average molecular weight is 355 g/mol. The second kappa shape index (κ2) is 7.48. The van der Waals surface area contributed by atoms with Crippen molar-refractivity contribution in [1.82, 2.24) is 4.31 Å². The van der Waals surface area contributed by atoms with Gasteiger partial charge in [-0.05, 0) is 37.1 Å². The molecule has 102 valence electrons. The van der Waals surface area contributed by atoms with Gasteiger partial charge in [0.2, 0.25) is 10.0 Å². The van der Waals surface area contributed by atoms with E-state index in [-0.39, 0.29) is 4.90 Å². The van der Waals surface area contributed by atoms with Crippen molar-refractivity contribution >= 4 is 37.6 Å². The molecule has 1 rings (SSSR count). The van der Waals surface area contributed by atoms with Crippen LogP contribution < -0.4 is 0 Å². The molecule has 3 nitrogen and oxygen atoms in total. The average Bonchev–Trinajstić information content (AvgIpc) is 2.35. The van der Waals surface area contributed by atoms with Gasteiger partial charge in [-0.3, -0.25) is 0 Å². The minimum atomic E-state index is -3.38. The van der Waals surface area contributed by atoms with E-state index in [1.807, 2.05) is 0 Å². The first kappa shape index (κ1) is 16.0. The van der Waals surface area contributed by atoms with E-state index in [0.717, 1.165) is 24.6 Å². The van der Waals surface area contributed by atoms with E-state index < -0.39 is 10.0 Å². The highest BCUT2D eigenvalue weighted by atomic mass is 79.9. The zero-order valence-corrected chi connectivity index (χ0v) is 13.4. The number of rotatable bonds is 7. The first-order valence-corrected chi connectivity index (χ1v) is 8.70. The van der Waals surface area contributed by atoms with Crippen LogP contribution in [0.4, 0.5) is 0 Å². The van der Waals surface area contributed by atoms with Crippen LogP contribution in [-0.4, -0.2) is 31.6 Å². The lowest BCUT2D eigenvalue weighted by molar-refractivity contribution is 0.455. The Hall–Kier alpha value is -0.100. The van der Waals surface area contributed by atoms with Crippen molar-refractivity contribution < 1.29 is 8.42 Å². The molecule has 0 spiro atoms. The van der Waals surface area contributed by atoms with Crippen LogP contribution in [-0.2, 0) is 10.0 Å². The van der Waals surface area contributed by atoms with Gasteiger partial charge in [0.15, 0.2) is 0 Å². The number of hydrogen-bond donors (Lipinski definition) is 0. The van der Waals surface area contributed by atoms with Crippen LogP contribution in [0.15, 0.2) is 29.2 Å². The molecule has 0 radical (unpaired) electrons. The molecule has 0 N–H and O–H groups in total. The quantitative estimate of drug-likeness (QED) is 0.555. The Morgan fingerprint density at radius 3 is 2.33 bits per heavy atom. The fourth-order valence-electron chi connectivity index (χ4n) is 1.51. The van der Waals surface area contributed by atoms with Crippen LogP contribution in [0.3, 0.4) is 0 Å². The molecule has 6 heteroatoms. The lowest BCUT2D eigenvalue weighted by Gasteiger charge is -2.17. The van der Waals surface area contributed by atoms with Gasteiger partial charge < -0.3 is 0 Å². The van der Waals surface area contributed by atoms with Crippen LogP contribution in [0.25, 0.3) is 0 Å². The third-order valence-electron chi connectivity index (χ3n) is 2.63. The molecule has 0 aliphatic heterocycles. The molecule has 0 amide bonds. The van der Waals surface area contributed by atoms with Gasteiger partial charge in [-0.25, -0.2) is 12.7 Å². The fourth-order valence-corrected chi connectivity index (χ4v) is 3.24. The lowest BCUT2D eigenvalue weighted by Crippen LogP contribution is -2.27. The van der Waals surface area contributed by atoms with Crippen molar-refractivity contribution in [1.29, 1.82) is 0 Å². The molecule has 0 saturated carbocycles. The highest BCUT2D eigenvalue weighted by molar-refractivity contribution is 9.09. The van der Waals surface area contributed by atoms with Crippen LogP contribution >= 0.6 is 27.5 Å². The maximum atomic E-state index is 12.2. The number of sulfonamides is 1. The highest BCUT2D eigenvalue weighted by Crippen LogP contribution is 2.17. The molecule has 1 aromatic carbocycles. The Morgan fingerprint density at radius 2 is 1.78 bits per heavy atom. The van der Waals surface area contributed by atoms with Gasteiger partial charge >= 0.3 is 0 Å². The molecule has 0 heterocycles. The Morgan fingerprint density at radius 1 is 1.17 bits per heavy atom. The lowest BCUT2D eigenvalue weighted by atomic mass is 10.2. The maximum absolute atomic E-state index is 12.2. The summed E-state index contributed by atoms with van der Waals surface area (Å²) in [6.07, 6.45) is 2.95. The number of halogens is 2. The minimum absolute atomic E-state index is 0.287. The number of benzene rings is 1. The largest absolute Gasteiger partial charge is 0.242 e. The molecule has 0 unspecified atom stereocenters. The van der Waals surface area contributed by atoms with Crippen LogP contribution in [0.5, 0.6) is 0 Å². The third-order valence-corrected chi connectivity index (χ3v) is 5.31. The first-order valence-electron chi connectivity index (χ1n) is 5.76. The second-order valence-electron chi connectivity index (χ2n) is 4.03. The molecule has 0 aliphatic rings. The van der Waals surface area contributed by atoms with E-state index in [0.29, 0.717) is 11.6 Å². The summed E-state index contributed by atoms with van der Waals surface area (Å²) in [6, 6.07) is 6.25. The smallest absolute Gasteiger partial charge is 0.207 e. The first-order chi connectivity index (χ1) is 8.48. The van der Waals surface area contributed by atoms with Gasteiger partial charge in [-0.2, -0.15) is 0 Å². The van der Waals surface area contributed by atoms with Crippen LogP contribution in [0.1, 0.15) is 19.3 Å². The molecule has 1 aromatic rings. The summed E-state index contributed by atoms with van der Waals surface area (Å²) in [5.74, 6) is 0. The van der Waals surface area contributed by atoms with E-state index in [9.17, 15) is 8.42 Å². The zero-order valence-electron chi connectivity index (χ0n) is 10.3. The summed E-state index contributed by atoms with van der Waals surface area (Å²) >= 11 is 9.10. The normalized spacial score (nSPS) is 12.0. The van der Waals surface area contributed by atoms with Gasteiger partial charge in [-0.1, -0.05) is 34.0 Å². The number of nitrogens with zero attached hydrogens (tertiary/aromatic N) is 1. The van der Waals surface area contributed by atoms with Gasteiger partial charge in [0.25, 0.3) is 0 Å². The number of alkyl halides is 1. The monoisotopic (exact) mass is 353 g/mol. The number of unbranched alkanes of at least 4 members (excludes halogenated alkanes) is 2. The van der Waals surface area contributed by atoms with Crippen LogP contribution in [0, 0.1) is 0 Å². The molecule has 0 fully saturated rings. The van der Waals surface area contributed by atoms with E-state index in [4.69, 9.17) is 11.6 Å². The summed E-state index contributed by atoms with van der Waals surface area (Å²) < 4.78 is 25.8. The topological polar surface area (TPSA) is 37.4 Å². The molecule has 0 atom stereocenters. The summed E-state index contributed by atoms with van der Waals surface area (Å²) in [5, 5.41) is 1.50. The SMILES string of the molecule is CN(CCCCCBr)S(=O)(=O)c1ccc(Cl)cc1. The van der Waals surface area contributed by atoms with Crippen molar-refractivity contribution in [2.24, 2.45) is 0 Å². The van der Waals surface area contributed by atoms with Crippen molar-refractivity contribution in [3.05, 3.63) is 29.3 Å². The predicted octanol–water partition coefficient (Wildman–Crippen LogP) is 3.53. The standard InChI is InChI=1S/C12H17BrClNO2S/c1-15(10-4-2-3-9-13)18(16,17)12-7-5-11(14)6-8-12/h5-8H,2-4,9-10H2,1H3. The summed E-state index contributed by atoms with van der Waals surface area (Å²) in [7, 11) is -1.77. The fraction of sp³-hybridized carbons (Fsp3) is 0.500. The molecular weight excluding hydrogens is 338 g/mol. The summed E-state index contributed by atoms with van der Waals surface area (Å²) in [4.78, 5) is 0.287. The molecule has 0 bridgehead atoms. The number of hydrogen-bond acceptors (Lipinski definition) is 2. The van der Waals surface area contributed by atoms with E-state index in [1.165, 1.54) is 16.4 Å². The Labute approximate surface area is 122 Å². The Kier molecular flexibility index (Phi) is 6.63. The van der Waals surface area contributed by atoms with Gasteiger partial charge in [0.05, 0.1) is 4.90 Å². The molecular formula is C12H17BrClNO2S. The van der Waals surface area contributed by atoms with Crippen molar-refractivity contribution in [3.8, 4) is 0 Å². The highest BCUT2D eigenvalue weighted by Gasteiger charge is 2.19. The van der Waals surface area contributed by atoms with Crippen molar-refractivity contribution in [2.45, 2.75) is 24.2 Å². The predicted molar refractivity (Wildman–Crippen MR) is 78.9 cm³/mol. The zero-order chi connectivity index (χ0) is 13.6. The van der Waals surface area contributed by atoms with Crippen molar-refractivity contribution in [3.63, 3.8) is 0 Å². The summed E-state index contributed by atoms with van der Waals surface area (Å²) in [5.41, 5.74) is 0. The second-order valence-corrected chi connectivity index (χ2v) is 7.30. The van der Waals surface area contributed by atoms with Crippen LogP contribution in [0.2, 0.25) is 5.02 Å². The van der Waals surface area contributed by atoms with E-state index >= 15 is 0 Å². The Balaban J connectivity index is 2.65. The Bertz CT molecular complexity index is 461. The minimum Gasteiger partial charge on any atom is -0.207 e. The molecule has 18 heavy (non-hydrogen) atoms. The molecule has 0 saturated heterocycles. The van der Waals surface area contributed by atoms with Crippen molar-refractivity contribution in [2.75, 3.05) is 18.9 Å².